The highest BCUT2D eigenvalue weighted by molar-refractivity contribution is 5.89. The Balaban J connectivity index is 1.83. The van der Waals surface area contributed by atoms with Gasteiger partial charge in [-0.1, -0.05) is 12.1 Å². The molecule has 0 atom stereocenters. The summed E-state index contributed by atoms with van der Waals surface area (Å²) in [6.45, 7) is 0.328. The molecule has 0 heterocycles. The summed E-state index contributed by atoms with van der Waals surface area (Å²) in [7, 11) is 3.87. The average molecular weight is 353 g/mol. The predicted molar refractivity (Wildman–Crippen MR) is 89.8 cm³/mol. The molecule has 0 spiro atoms. The molecule has 134 valence electrons. The van der Waals surface area contributed by atoms with Crippen LogP contribution in [0.5, 0.6) is 5.75 Å². The molecular formula is C17H18F3N3O2. The molecule has 0 saturated heterocycles. The zero-order valence-electron chi connectivity index (χ0n) is 13.7. The predicted octanol–water partition coefficient (Wildman–Crippen LogP) is 3.97. The van der Waals surface area contributed by atoms with Gasteiger partial charge in [-0.15, -0.1) is 13.2 Å². The first-order valence-corrected chi connectivity index (χ1v) is 7.40. The number of nitrogens with zero attached hydrogens (tertiary/aromatic N) is 1. The van der Waals surface area contributed by atoms with Crippen molar-refractivity contribution in [3.05, 3.63) is 54.1 Å². The molecule has 0 aliphatic carbocycles. The molecule has 0 aromatic heterocycles. The summed E-state index contributed by atoms with van der Waals surface area (Å²) in [5.74, 6) is -0.348. The van der Waals surface area contributed by atoms with E-state index in [0.29, 0.717) is 12.2 Å². The van der Waals surface area contributed by atoms with E-state index in [1.54, 1.807) is 0 Å². The lowest BCUT2D eigenvalue weighted by Crippen LogP contribution is -2.28. The van der Waals surface area contributed by atoms with Gasteiger partial charge in [-0.2, -0.15) is 0 Å². The van der Waals surface area contributed by atoms with Crippen LogP contribution in [-0.2, 0) is 6.54 Å². The third-order valence-corrected chi connectivity index (χ3v) is 3.25. The number of carbonyl (C=O) groups is 1. The van der Waals surface area contributed by atoms with E-state index in [9.17, 15) is 18.0 Å². The van der Waals surface area contributed by atoms with E-state index in [4.69, 9.17) is 0 Å². The summed E-state index contributed by atoms with van der Waals surface area (Å²) in [6, 6.07) is 12.1. The van der Waals surface area contributed by atoms with Crippen molar-refractivity contribution in [2.75, 3.05) is 24.3 Å². The average Bonchev–Trinajstić information content (AvgIpc) is 2.54. The summed E-state index contributed by atoms with van der Waals surface area (Å²) in [5, 5.41) is 5.21. The topological polar surface area (TPSA) is 53.6 Å². The van der Waals surface area contributed by atoms with Gasteiger partial charge in [-0.3, -0.25) is 0 Å². The number of anilines is 2. The molecule has 0 saturated carbocycles. The molecule has 2 amide bonds. The molecule has 2 aromatic rings. The first-order valence-electron chi connectivity index (χ1n) is 7.40. The zero-order chi connectivity index (χ0) is 18.4. The second kappa shape index (κ2) is 7.78. The van der Waals surface area contributed by atoms with Crippen LogP contribution in [-0.4, -0.2) is 26.5 Å². The van der Waals surface area contributed by atoms with Crippen molar-refractivity contribution in [3.8, 4) is 5.75 Å². The Bertz CT molecular complexity index is 699. The SMILES string of the molecule is CN(C)c1ccc(CNC(=O)Nc2ccc(OC(F)(F)F)cc2)cc1. The van der Waals surface area contributed by atoms with E-state index in [1.165, 1.54) is 12.1 Å². The molecule has 0 fully saturated rings. The van der Waals surface area contributed by atoms with Gasteiger partial charge in [0.05, 0.1) is 0 Å². The molecule has 8 heteroatoms. The Kier molecular flexibility index (Phi) is 5.74. The normalized spacial score (nSPS) is 10.9. The number of amides is 2. The Hall–Kier alpha value is -2.90. The highest BCUT2D eigenvalue weighted by Gasteiger charge is 2.30. The highest BCUT2D eigenvalue weighted by atomic mass is 19.4. The first-order chi connectivity index (χ1) is 11.7. The lowest BCUT2D eigenvalue weighted by molar-refractivity contribution is -0.274. The van der Waals surface area contributed by atoms with E-state index in [-0.39, 0.29) is 5.75 Å². The zero-order valence-corrected chi connectivity index (χ0v) is 13.7. The first kappa shape index (κ1) is 18.4. The van der Waals surface area contributed by atoms with Crippen LogP contribution >= 0.6 is 0 Å². The van der Waals surface area contributed by atoms with Crippen LogP contribution in [0.15, 0.2) is 48.5 Å². The highest BCUT2D eigenvalue weighted by Crippen LogP contribution is 2.23. The van der Waals surface area contributed by atoms with E-state index in [0.717, 1.165) is 23.4 Å². The maximum atomic E-state index is 12.1. The van der Waals surface area contributed by atoms with Crippen molar-refractivity contribution in [2.45, 2.75) is 12.9 Å². The molecule has 2 rings (SSSR count). The minimum absolute atomic E-state index is 0.328. The second-order valence-electron chi connectivity index (χ2n) is 5.44. The van der Waals surface area contributed by atoms with Crippen molar-refractivity contribution in [2.24, 2.45) is 0 Å². The number of halogens is 3. The lowest BCUT2D eigenvalue weighted by atomic mass is 10.2. The minimum Gasteiger partial charge on any atom is -0.406 e. The van der Waals surface area contributed by atoms with Gasteiger partial charge < -0.3 is 20.3 Å². The van der Waals surface area contributed by atoms with Crippen LogP contribution in [0.3, 0.4) is 0 Å². The van der Waals surface area contributed by atoms with Gasteiger partial charge in [0.25, 0.3) is 0 Å². The van der Waals surface area contributed by atoms with Gasteiger partial charge in [0.15, 0.2) is 0 Å². The second-order valence-corrected chi connectivity index (χ2v) is 5.44. The van der Waals surface area contributed by atoms with E-state index >= 15 is 0 Å². The molecule has 25 heavy (non-hydrogen) atoms. The molecule has 2 N–H and O–H groups in total. The Morgan fingerprint density at radius 2 is 1.64 bits per heavy atom. The van der Waals surface area contributed by atoms with Crippen molar-refractivity contribution >= 4 is 17.4 Å². The van der Waals surface area contributed by atoms with Crippen molar-refractivity contribution in [1.82, 2.24) is 5.32 Å². The molecule has 0 aliphatic rings. The van der Waals surface area contributed by atoms with Crippen molar-refractivity contribution in [1.29, 1.82) is 0 Å². The van der Waals surface area contributed by atoms with Gasteiger partial charge in [0.1, 0.15) is 5.75 Å². The monoisotopic (exact) mass is 353 g/mol. The number of rotatable bonds is 5. The smallest absolute Gasteiger partial charge is 0.406 e. The maximum Gasteiger partial charge on any atom is 0.573 e. The van der Waals surface area contributed by atoms with Gasteiger partial charge in [-0.25, -0.2) is 4.79 Å². The summed E-state index contributed by atoms with van der Waals surface area (Å²) in [6.07, 6.45) is -4.74. The van der Waals surface area contributed by atoms with Gasteiger partial charge in [0.2, 0.25) is 0 Å². The third kappa shape index (κ3) is 6.25. The molecule has 0 unspecified atom stereocenters. The molecule has 0 aliphatic heterocycles. The maximum absolute atomic E-state index is 12.1. The number of benzene rings is 2. The van der Waals surface area contributed by atoms with Crippen LogP contribution in [0.2, 0.25) is 0 Å². The number of carbonyl (C=O) groups excluding carboxylic acids is 1. The Labute approximate surface area is 143 Å². The van der Waals surface area contributed by atoms with Crippen molar-refractivity contribution < 1.29 is 22.7 Å². The fraction of sp³-hybridized carbons (Fsp3) is 0.235. The van der Waals surface area contributed by atoms with E-state index < -0.39 is 12.4 Å². The van der Waals surface area contributed by atoms with Gasteiger partial charge in [-0.05, 0) is 42.0 Å². The number of nitrogens with one attached hydrogen (secondary N) is 2. The largest absolute Gasteiger partial charge is 0.573 e. The fourth-order valence-electron chi connectivity index (χ4n) is 2.01. The number of ether oxygens (including phenoxy) is 1. The summed E-state index contributed by atoms with van der Waals surface area (Å²) in [4.78, 5) is 13.8. The number of alkyl halides is 3. The minimum atomic E-state index is -4.74. The van der Waals surface area contributed by atoms with Crippen LogP contribution < -0.4 is 20.3 Å². The Morgan fingerprint density at radius 3 is 2.16 bits per heavy atom. The van der Waals surface area contributed by atoms with Crippen molar-refractivity contribution in [3.63, 3.8) is 0 Å². The Morgan fingerprint density at radius 1 is 1.04 bits per heavy atom. The molecule has 0 radical (unpaired) electrons. The standard InChI is InChI=1S/C17H18F3N3O2/c1-23(2)14-7-3-12(4-8-14)11-21-16(24)22-13-5-9-15(10-6-13)25-17(18,19)20/h3-10H,11H2,1-2H3,(H2,21,22,24). The van der Waals surface area contributed by atoms with Crippen LogP contribution in [0.25, 0.3) is 0 Å². The lowest BCUT2D eigenvalue weighted by Gasteiger charge is -2.13. The molecule has 2 aromatic carbocycles. The fourth-order valence-corrected chi connectivity index (χ4v) is 2.01. The third-order valence-electron chi connectivity index (χ3n) is 3.25. The summed E-state index contributed by atoms with van der Waals surface area (Å²) >= 11 is 0. The van der Waals surface area contributed by atoms with E-state index in [1.807, 2.05) is 43.3 Å². The van der Waals surface area contributed by atoms with Crippen LogP contribution in [0, 0.1) is 0 Å². The number of hydrogen-bond acceptors (Lipinski definition) is 3. The van der Waals surface area contributed by atoms with Gasteiger partial charge in [0, 0.05) is 32.0 Å². The quantitative estimate of drug-likeness (QED) is 0.855. The summed E-state index contributed by atoms with van der Waals surface area (Å²) in [5.41, 5.74) is 2.33. The molecular weight excluding hydrogens is 335 g/mol. The number of urea groups is 1. The number of hydrogen-bond donors (Lipinski definition) is 2. The summed E-state index contributed by atoms with van der Waals surface area (Å²) < 4.78 is 40.0. The van der Waals surface area contributed by atoms with Crippen LogP contribution in [0.1, 0.15) is 5.56 Å². The van der Waals surface area contributed by atoms with Gasteiger partial charge >= 0.3 is 12.4 Å². The van der Waals surface area contributed by atoms with E-state index in [2.05, 4.69) is 15.4 Å². The van der Waals surface area contributed by atoms with Crippen LogP contribution in [0.4, 0.5) is 29.3 Å². The molecule has 5 nitrogen and oxygen atoms in total. The molecule has 0 bridgehead atoms.